The number of rotatable bonds is 3. The fourth-order valence-corrected chi connectivity index (χ4v) is 3.88. The smallest absolute Gasteiger partial charge is 0.272 e. The Labute approximate surface area is 150 Å². The van der Waals surface area contributed by atoms with Gasteiger partial charge in [-0.2, -0.15) is 0 Å². The molecule has 1 unspecified atom stereocenters. The van der Waals surface area contributed by atoms with Gasteiger partial charge in [-0.3, -0.25) is 4.79 Å². The lowest BCUT2D eigenvalue weighted by atomic mass is 10.1. The standard InChI is InChI=1S/C19H17N3O2S/c1-12-11-14-5-3-4-6-16(14)22(12)19(23)18-17(20-21-25-18)13-7-9-15(24-2)10-8-13/h3-10,12H,11H2,1-2H3. The number of anilines is 1. The van der Waals surface area contributed by atoms with E-state index in [0.29, 0.717) is 10.6 Å². The van der Waals surface area contributed by atoms with Crippen LogP contribution in [-0.2, 0) is 6.42 Å². The van der Waals surface area contributed by atoms with E-state index in [1.54, 1.807) is 7.11 Å². The first-order valence-electron chi connectivity index (χ1n) is 8.07. The molecule has 0 spiro atoms. The Balaban J connectivity index is 1.71. The average Bonchev–Trinajstić information content (AvgIpc) is 3.25. The molecule has 4 rings (SSSR count). The van der Waals surface area contributed by atoms with E-state index < -0.39 is 0 Å². The van der Waals surface area contributed by atoms with E-state index in [0.717, 1.165) is 35.0 Å². The van der Waals surface area contributed by atoms with Gasteiger partial charge in [0.15, 0.2) is 0 Å². The maximum absolute atomic E-state index is 13.2. The van der Waals surface area contributed by atoms with Crippen molar-refractivity contribution in [2.24, 2.45) is 0 Å². The molecule has 0 aliphatic carbocycles. The van der Waals surface area contributed by atoms with E-state index in [-0.39, 0.29) is 11.9 Å². The van der Waals surface area contributed by atoms with Gasteiger partial charge in [-0.15, -0.1) is 5.10 Å². The van der Waals surface area contributed by atoms with Crippen LogP contribution in [0.1, 0.15) is 22.2 Å². The Morgan fingerprint density at radius 2 is 1.96 bits per heavy atom. The van der Waals surface area contributed by atoms with Crippen molar-refractivity contribution in [1.82, 2.24) is 9.59 Å². The molecule has 1 aliphatic rings. The SMILES string of the molecule is COc1ccc(-c2nnsc2C(=O)N2c3ccccc3CC2C)cc1. The van der Waals surface area contributed by atoms with Crippen molar-refractivity contribution < 1.29 is 9.53 Å². The molecule has 1 amide bonds. The Morgan fingerprint density at radius 3 is 2.72 bits per heavy atom. The highest BCUT2D eigenvalue weighted by Crippen LogP contribution is 2.35. The summed E-state index contributed by atoms with van der Waals surface area (Å²) in [6.07, 6.45) is 0.867. The fourth-order valence-electron chi connectivity index (χ4n) is 3.25. The Hall–Kier alpha value is -2.73. The normalized spacial score (nSPS) is 15.9. The van der Waals surface area contributed by atoms with Crippen molar-refractivity contribution in [2.75, 3.05) is 12.0 Å². The molecule has 3 aromatic rings. The predicted molar refractivity (Wildman–Crippen MR) is 98.3 cm³/mol. The number of para-hydroxylation sites is 1. The lowest BCUT2D eigenvalue weighted by Crippen LogP contribution is -2.35. The van der Waals surface area contributed by atoms with E-state index in [2.05, 4.69) is 22.6 Å². The molecule has 0 bridgehead atoms. The molecule has 2 aromatic carbocycles. The molecule has 5 nitrogen and oxygen atoms in total. The predicted octanol–water partition coefficient (Wildman–Crippen LogP) is 3.81. The summed E-state index contributed by atoms with van der Waals surface area (Å²) in [6.45, 7) is 2.07. The third-order valence-corrected chi connectivity index (χ3v) is 5.19. The van der Waals surface area contributed by atoms with Crippen molar-refractivity contribution in [2.45, 2.75) is 19.4 Å². The molecule has 1 aromatic heterocycles. The second kappa shape index (κ2) is 6.29. The van der Waals surface area contributed by atoms with E-state index in [1.807, 2.05) is 47.4 Å². The lowest BCUT2D eigenvalue weighted by molar-refractivity contribution is 0.0986. The minimum Gasteiger partial charge on any atom is -0.497 e. The summed E-state index contributed by atoms with van der Waals surface area (Å²) in [5, 5.41) is 4.20. The van der Waals surface area contributed by atoms with E-state index in [4.69, 9.17) is 4.74 Å². The lowest BCUT2D eigenvalue weighted by Gasteiger charge is -2.22. The largest absolute Gasteiger partial charge is 0.497 e. The molecule has 0 N–H and O–H groups in total. The number of fused-ring (bicyclic) bond motifs is 1. The minimum absolute atomic E-state index is 0.0433. The van der Waals surface area contributed by atoms with Crippen LogP contribution in [0, 0.1) is 0 Å². The van der Waals surface area contributed by atoms with Crippen LogP contribution >= 0.6 is 11.5 Å². The summed E-state index contributed by atoms with van der Waals surface area (Å²) in [5.74, 6) is 0.722. The topological polar surface area (TPSA) is 55.3 Å². The van der Waals surface area contributed by atoms with Crippen LogP contribution in [-0.4, -0.2) is 28.6 Å². The number of benzene rings is 2. The first-order valence-corrected chi connectivity index (χ1v) is 8.84. The molecule has 6 heteroatoms. The van der Waals surface area contributed by atoms with Gasteiger partial charge < -0.3 is 9.64 Å². The van der Waals surface area contributed by atoms with Gasteiger partial charge in [0.2, 0.25) is 0 Å². The number of nitrogens with zero attached hydrogens (tertiary/aromatic N) is 3. The van der Waals surface area contributed by atoms with Gasteiger partial charge in [0.05, 0.1) is 7.11 Å². The highest BCUT2D eigenvalue weighted by Gasteiger charge is 2.33. The third-order valence-electron chi connectivity index (χ3n) is 4.47. The van der Waals surface area contributed by atoms with Crippen LogP contribution in [0.4, 0.5) is 5.69 Å². The molecule has 0 saturated carbocycles. The summed E-state index contributed by atoms with van der Waals surface area (Å²) in [6, 6.07) is 15.7. The first-order chi connectivity index (χ1) is 12.2. The molecule has 2 heterocycles. The first kappa shape index (κ1) is 15.8. The second-order valence-corrected chi connectivity index (χ2v) is 6.79. The Bertz CT molecular complexity index is 920. The number of carbonyl (C=O) groups is 1. The molecule has 126 valence electrons. The summed E-state index contributed by atoms with van der Waals surface area (Å²) in [4.78, 5) is 15.7. The number of amides is 1. The molecule has 1 aliphatic heterocycles. The highest BCUT2D eigenvalue weighted by molar-refractivity contribution is 7.08. The van der Waals surface area contributed by atoms with E-state index in [9.17, 15) is 4.79 Å². The number of ether oxygens (including phenoxy) is 1. The van der Waals surface area contributed by atoms with Crippen LogP contribution in [0.5, 0.6) is 5.75 Å². The van der Waals surface area contributed by atoms with Gasteiger partial charge >= 0.3 is 0 Å². The van der Waals surface area contributed by atoms with Crippen LogP contribution < -0.4 is 9.64 Å². The van der Waals surface area contributed by atoms with Crippen molar-refractivity contribution >= 4 is 23.1 Å². The summed E-state index contributed by atoms with van der Waals surface area (Å²) in [7, 11) is 1.63. The van der Waals surface area contributed by atoms with E-state index in [1.165, 1.54) is 5.56 Å². The minimum atomic E-state index is -0.0433. The van der Waals surface area contributed by atoms with Crippen molar-refractivity contribution in [3.63, 3.8) is 0 Å². The monoisotopic (exact) mass is 351 g/mol. The zero-order valence-corrected chi connectivity index (χ0v) is 14.8. The number of aromatic nitrogens is 2. The van der Waals surface area contributed by atoms with Crippen molar-refractivity contribution in [3.05, 3.63) is 59.0 Å². The fraction of sp³-hybridized carbons (Fsp3) is 0.211. The molecular weight excluding hydrogens is 334 g/mol. The van der Waals surface area contributed by atoms with Gasteiger partial charge in [0.1, 0.15) is 16.3 Å². The zero-order chi connectivity index (χ0) is 17.4. The van der Waals surface area contributed by atoms with Gasteiger partial charge in [-0.25, -0.2) is 0 Å². The Kier molecular flexibility index (Phi) is 3.97. The number of methoxy groups -OCH3 is 1. The van der Waals surface area contributed by atoms with Gasteiger partial charge in [-0.05, 0) is 60.8 Å². The molecule has 0 saturated heterocycles. The van der Waals surface area contributed by atoms with Gasteiger partial charge in [0.25, 0.3) is 5.91 Å². The average molecular weight is 351 g/mol. The molecule has 0 fully saturated rings. The molecule has 0 radical (unpaired) electrons. The zero-order valence-electron chi connectivity index (χ0n) is 14.0. The maximum Gasteiger partial charge on any atom is 0.272 e. The van der Waals surface area contributed by atoms with Crippen LogP contribution in [0.2, 0.25) is 0 Å². The van der Waals surface area contributed by atoms with E-state index >= 15 is 0 Å². The number of hydrogen-bond acceptors (Lipinski definition) is 5. The van der Waals surface area contributed by atoms with Crippen LogP contribution in [0.15, 0.2) is 48.5 Å². The van der Waals surface area contributed by atoms with Gasteiger partial charge in [0, 0.05) is 17.3 Å². The summed E-state index contributed by atoms with van der Waals surface area (Å²) in [5.41, 5.74) is 3.66. The van der Waals surface area contributed by atoms with Crippen molar-refractivity contribution in [1.29, 1.82) is 0 Å². The summed E-state index contributed by atoms with van der Waals surface area (Å²) < 4.78 is 9.22. The Morgan fingerprint density at radius 1 is 1.20 bits per heavy atom. The highest BCUT2D eigenvalue weighted by atomic mass is 32.1. The second-order valence-electron chi connectivity index (χ2n) is 6.04. The number of carbonyl (C=O) groups excluding carboxylic acids is 1. The quantitative estimate of drug-likeness (QED) is 0.720. The molecule has 25 heavy (non-hydrogen) atoms. The van der Waals surface area contributed by atoms with Crippen LogP contribution in [0.25, 0.3) is 11.3 Å². The van der Waals surface area contributed by atoms with Crippen molar-refractivity contribution in [3.8, 4) is 17.0 Å². The molecule has 1 atom stereocenters. The van der Waals surface area contributed by atoms with Gasteiger partial charge in [-0.1, -0.05) is 22.7 Å². The third kappa shape index (κ3) is 2.68. The van der Waals surface area contributed by atoms with Crippen LogP contribution in [0.3, 0.4) is 0 Å². The summed E-state index contributed by atoms with van der Waals surface area (Å²) >= 11 is 1.14. The number of hydrogen-bond donors (Lipinski definition) is 0. The molecular formula is C19H17N3O2S. The maximum atomic E-state index is 13.2.